The van der Waals surface area contributed by atoms with Gasteiger partial charge in [-0.05, 0) is 28.3 Å². The lowest BCUT2D eigenvalue weighted by Crippen LogP contribution is -2.06. The molecule has 0 radical (unpaired) electrons. The second-order valence-corrected chi connectivity index (χ2v) is 6.21. The molecular formula is C19H13NO3S. The molecule has 0 aliphatic heterocycles. The van der Waals surface area contributed by atoms with Gasteiger partial charge in [-0.15, -0.1) is 11.3 Å². The Labute approximate surface area is 142 Å². The van der Waals surface area contributed by atoms with Crippen molar-refractivity contribution in [1.29, 1.82) is 0 Å². The fourth-order valence-electron chi connectivity index (χ4n) is 2.54. The zero-order chi connectivity index (χ0) is 16.4. The van der Waals surface area contributed by atoms with E-state index in [0.717, 1.165) is 15.6 Å². The van der Waals surface area contributed by atoms with Gasteiger partial charge in [0.1, 0.15) is 12.3 Å². The van der Waals surface area contributed by atoms with Gasteiger partial charge >= 0.3 is 5.97 Å². The molecule has 0 saturated heterocycles. The molecule has 4 nitrogen and oxygen atoms in total. The van der Waals surface area contributed by atoms with Crippen molar-refractivity contribution in [3.05, 3.63) is 77.3 Å². The van der Waals surface area contributed by atoms with Crippen LogP contribution in [0.15, 0.2) is 70.6 Å². The molecule has 4 rings (SSSR count). The Morgan fingerprint density at radius 1 is 1.08 bits per heavy atom. The Balaban J connectivity index is 1.50. The van der Waals surface area contributed by atoms with Gasteiger partial charge in [-0.25, -0.2) is 4.79 Å². The van der Waals surface area contributed by atoms with Crippen LogP contribution < -0.4 is 0 Å². The highest BCUT2D eigenvalue weighted by molar-refractivity contribution is 7.13. The van der Waals surface area contributed by atoms with Crippen LogP contribution in [0.2, 0.25) is 0 Å². The summed E-state index contributed by atoms with van der Waals surface area (Å²) >= 11 is 1.57. The number of rotatable bonds is 4. The molecule has 0 atom stereocenters. The number of carbonyl (C=O) groups excluding carboxylic acids is 1. The molecule has 2 heterocycles. The number of nitrogens with zero attached hydrogens (tertiary/aromatic N) is 1. The Morgan fingerprint density at radius 2 is 1.96 bits per heavy atom. The number of hydrogen-bond donors (Lipinski definition) is 0. The van der Waals surface area contributed by atoms with Crippen LogP contribution in [0.5, 0.6) is 0 Å². The zero-order valence-electron chi connectivity index (χ0n) is 12.6. The molecule has 4 aromatic rings. The van der Waals surface area contributed by atoms with Crippen molar-refractivity contribution in [1.82, 2.24) is 5.16 Å². The van der Waals surface area contributed by atoms with E-state index in [-0.39, 0.29) is 12.6 Å². The predicted molar refractivity (Wildman–Crippen MR) is 92.9 cm³/mol. The van der Waals surface area contributed by atoms with Crippen LogP contribution in [0.25, 0.3) is 21.4 Å². The summed E-state index contributed by atoms with van der Waals surface area (Å²) in [5, 5.41) is 7.81. The van der Waals surface area contributed by atoms with Gasteiger partial charge in [-0.1, -0.05) is 47.6 Å². The summed E-state index contributed by atoms with van der Waals surface area (Å²) in [5.74, 6) is 0.314. The molecule has 118 valence electrons. The number of carbonyl (C=O) groups is 1. The van der Waals surface area contributed by atoms with Crippen molar-refractivity contribution in [2.75, 3.05) is 0 Å². The summed E-state index contributed by atoms with van der Waals surface area (Å²) in [6.45, 7) is 0.0803. The molecule has 2 aromatic carbocycles. The molecule has 0 spiro atoms. The number of hydrogen-bond acceptors (Lipinski definition) is 5. The van der Waals surface area contributed by atoms with Gasteiger partial charge in [0.05, 0.1) is 10.4 Å². The summed E-state index contributed by atoms with van der Waals surface area (Å²) in [4.78, 5) is 13.4. The van der Waals surface area contributed by atoms with E-state index < -0.39 is 0 Å². The van der Waals surface area contributed by atoms with Crippen molar-refractivity contribution in [3.8, 4) is 10.6 Å². The maximum atomic E-state index is 12.4. The summed E-state index contributed by atoms with van der Waals surface area (Å²) < 4.78 is 10.7. The number of esters is 1. The van der Waals surface area contributed by atoms with E-state index in [1.807, 2.05) is 53.9 Å². The second kappa shape index (κ2) is 6.29. The van der Waals surface area contributed by atoms with E-state index in [4.69, 9.17) is 9.26 Å². The molecule has 0 saturated carbocycles. The van der Waals surface area contributed by atoms with Crippen LogP contribution in [0, 0.1) is 0 Å². The standard InChI is InChI=1S/C19H13NO3S/c21-19(16-8-3-6-13-5-1-2-7-15(13)16)22-12-14-11-17(23-20-14)18-9-4-10-24-18/h1-11H,12H2. The van der Waals surface area contributed by atoms with Gasteiger partial charge in [0.25, 0.3) is 0 Å². The highest BCUT2D eigenvalue weighted by atomic mass is 32.1. The number of thiophene rings is 1. The van der Waals surface area contributed by atoms with E-state index in [0.29, 0.717) is 17.0 Å². The summed E-state index contributed by atoms with van der Waals surface area (Å²) in [5.41, 5.74) is 1.14. The topological polar surface area (TPSA) is 52.3 Å². The fourth-order valence-corrected chi connectivity index (χ4v) is 3.21. The maximum Gasteiger partial charge on any atom is 0.339 e. The number of ether oxygens (including phenoxy) is 1. The molecule has 0 amide bonds. The molecule has 0 fully saturated rings. The third-order valence-electron chi connectivity index (χ3n) is 3.68. The summed E-state index contributed by atoms with van der Waals surface area (Å²) in [6, 6.07) is 19.0. The molecule has 2 aromatic heterocycles. The normalized spacial score (nSPS) is 10.8. The van der Waals surface area contributed by atoms with E-state index in [9.17, 15) is 4.79 Å². The average molecular weight is 335 g/mol. The predicted octanol–water partition coefficient (Wildman–Crippen LogP) is 4.91. The van der Waals surface area contributed by atoms with Crippen LogP contribution in [0.3, 0.4) is 0 Å². The van der Waals surface area contributed by atoms with Gasteiger partial charge in [0.2, 0.25) is 0 Å². The molecule has 0 unspecified atom stereocenters. The van der Waals surface area contributed by atoms with Crippen LogP contribution in [0.4, 0.5) is 0 Å². The molecule has 0 aliphatic rings. The highest BCUT2D eigenvalue weighted by Gasteiger charge is 2.13. The second-order valence-electron chi connectivity index (χ2n) is 5.26. The Bertz CT molecular complexity index is 983. The van der Waals surface area contributed by atoms with Gasteiger partial charge < -0.3 is 9.26 Å². The average Bonchev–Trinajstić information content (AvgIpc) is 3.30. The minimum Gasteiger partial charge on any atom is -0.455 e. The molecule has 24 heavy (non-hydrogen) atoms. The first-order valence-corrected chi connectivity index (χ1v) is 8.33. The lowest BCUT2D eigenvalue weighted by molar-refractivity contribution is 0.0466. The molecular weight excluding hydrogens is 322 g/mol. The first kappa shape index (κ1) is 14.7. The van der Waals surface area contributed by atoms with Crippen molar-refractivity contribution in [2.24, 2.45) is 0 Å². The smallest absolute Gasteiger partial charge is 0.339 e. The lowest BCUT2D eigenvalue weighted by Gasteiger charge is -2.06. The van der Waals surface area contributed by atoms with Crippen LogP contribution in [-0.4, -0.2) is 11.1 Å². The van der Waals surface area contributed by atoms with E-state index in [2.05, 4.69) is 5.16 Å². The summed E-state index contributed by atoms with van der Waals surface area (Å²) in [6.07, 6.45) is 0. The van der Waals surface area contributed by atoms with Crippen molar-refractivity contribution >= 4 is 28.1 Å². The Morgan fingerprint density at radius 3 is 2.83 bits per heavy atom. The van der Waals surface area contributed by atoms with Crippen molar-refractivity contribution in [2.45, 2.75) is 6.61 Å². The van der Waals surface area contributed by atoms with Gasteiger partial charge in [0.15, 0.2) is 5.76 Å². The molecule has 0 aliphatic carbocycles. The third-order valence-corrected chi connectivity index (χ3v) is 4.57. The molecule has 0 N–H and O–H groups in total. The Hall–Kier alpha value is -2.92. The quantitative estimate of drug-likeness (QED) is 0.497. The van der Waals surface area contributed by atoms with E-state index in [1.54, 1.807) is 23.5 Å². The number of aromatic nitrogens is 1. The molecule has 0 bridgehead atoms. The fraction of sp³-hybridized carbons (Fsp3) is 0.0526. The number of fused-ring (bicyclic) bond motifs is 1. The monoisotopic (exact) mass is 335 g/mol. The van der Waals surface area contributed by atoms with Gasteiger partial charge in [-0.3, -0.25) is 0 Å². The maximum absolute atomic E-state index is 12.4. The Kier molecular flexibility index (Phi) is 3.84. The largest absolute Gasteiger partial charge is 0.455 e. The SMILES string of the molecule is O=C(OCc1cc(-c2cccs2)on1)c1cccc2ccccc12. The van der Waals surface area contributed by atoms with Crippen molar-refractivity contribution in [3.63, 3.8) is 0 Å². The van der Waals surface area contributed by atoms with Crippen LogP contribution >= 0.6 is 11.3 Å². The third kappa shape index (κ3) is 2.81. The highest BCUT2D eigenvalue weighted by Crippen LogP contribution is 2.25. The van der Waals surface area contributed by atoms with Gasteiger partial charge in [-0.2, -0.15) is 0 Å². The zero-order valence-corrected chi connectivity index (χ0v) is 13.5. The van der Waals surface area contributed by atoms with E-state index in [1.165, 1.54) is 0 Å². The minimum atomic E-state index is -0.368. The first-order chi connectivity index (χ1) is 11.8. The van der Waals surface area contributed by atoms with Gasteiger partial charge in [0, 0.05) is 6.07 Å². The van der Waals surface area contributed by atoms with Crippen LogP contribution in [-0.2, 0) is 11.3 Å². The van der Waals surface area contributed by atoms with E-state index >= 15 is 0 Å². The van der Waals surface area contributed by atoms with Crippen LogP contribution in [0.1, 0.15) is 16.1 Å². The van der Waals surface area contributed by atoms with Crippen molar-refractivity contribution < 1.29 is 14.1 Å². The lowest BCUT2D eigenvalue weighted by atomic mass is 10.1. The molecule has 5 heteroatoms. The minimum absolute atomic E-state index is 0.0803. The number of benzene rings is 2. The first-order valence-electron chi connectivity index (χ1n) is 7.45. The summed E-state index contributed by atoms with van der Waals surface area (Å²) in [7, 11) is 0.